The summed E-state index contributed by atoms with van der Waals surface area (Å²) in [7, 11) is 0. The SMILES string of the molecule is O=C(O)CCCCCCCCCCCCCCC(=O)N[C@@H](CCC(=O)NCCOCCOCC(=O)NCCOCCOCC(=O)NCCNC(=O)CBr)C(=O)O. The minimum atomic E-state index is -1.19. The van der Waals surface area contributed by atoms with Crippen LogP contribution in [0.1, 0.15) is 103 Å². The molecule has 7 N–H and O–H groups in total. The second-order valence-electron chi connectivity index (χ2n) is 13.0. The number of hydrogen-bond acceptors (Lipinski definition) is 11. The van der Waals surface area contributed by atoms with Gasteiger partial charge in [0.05, 0.1) is 45.0 Å². The van der Waals surface area contributed by atoms with Crippen LogP contribution < -0.4 is 26.6 Å². The van der Waals surface area contributed by atoms with Crippen LogP contribution in [0.25, 0.3) is 0 Å². The van der Waals surface area contributed by atoms with Crippen LogP contribution in [0, 0.1) is 0 Å². The van der Waals surface area contributed by atoms with Gasteiger partial charge in [-0.3, -0.25) is 28.8 Å². The van der Waals surface area contributed by atoms with E-state index < -0.39 is 18.0 Å². The molecule has 56 heavy (non-hydrogen) atoms. The van der Waals surface area contributed by atoms with Gasteiger partial charge in [-0.2, -0.15) is 0 Å². The third-order valence-electron chi connectivity index (χ3n) is 8.08. The van der Waals surface area contributed by atoms with Gasteiger partial charge in [0.15, 0.2) is 0 Å². The van der Waals surface area contributed by atoms with Gasteiger partial charge in [-0.05, 0) is 19.3 Å². The van der Waals surface area contributed by atoms with Crippen molar-refractivity contribution in [1.29, 1.82) is 0 Å². The summed E-state index contributed by atoms with van der Waals surface area (Å²) in [6, 6.07) is -1.15. The Morgan fingerprint density at radius 3 is 1.32 bits per heavy atom. The molecule has 1 atom stereocenters. The van der Waals surface area contributed by atoms with Crippen molar-refractivity contribution >= 4 is 57.4 Å². The first-order valence-electron chi connectivity index (χ1n) is 19.7. The van der Waals surface area contributed by atoms with Crippen LogP contribution in [-0.4, -0.2) is 142 Å². The fourth-order valence-corrected chi connectivity index (χ4v) is 5.26. The molecule has 0 aromatic carbocycles. The van der Waals surface area contributed by atoms with Gasteiger partial charge >= 0.3 is 11.9 Å². The number of aliphatic carboxylic acids is 2. The molecule has 18 nitrogen and oxygen atoms in total. The van der Waals surface area contributed by atoms with Gasteiger partial charge in [0.2, 0.25) is 29.5 Å². The lowest BCUT2D eigenvalue weighted by Crippen LogP contribution is -2.41. The number of unbranched alkanes of at least 4 members (excludes halogenated alkanes) is 11. The van der Waals surface area contributed by atoms with Gasteiger partial charge in [-0.25, -0.2) is 4.79 Å². The van der Waals surface area contributed by atoms with Gasteiger partial charge in [0, 0.05) is 45.4 Å². The van der Waals surface area contributed by atoms with Crippen molar-refractivity contribution in [2.24, 2.45) is 0 Å². The molecule has 0 fully saturated rings. The number of ether oxygens (including phenoxy) is 4. The Kier molecular flexibility index (Phi) is 36.2. The highest BCUT2D eigenvalue weighted by atomic mass is 79.9. The summed E-state index contributed by atoms with van der Waals surface area (Å²) in [5, 5.41) is 31.3. The van der Waals surface area contributed by atoms with E-state index in [1.807, 2.05) is 0 Å². The molecular formula is C37H66BrN5O13. The van der Waals surface area contributed by atoms with Crippen LogP contribution in [0.5, 0.6) is 0 Å². The molecule has 19 heteroatoms. The molecule has 0 aliphatic rings. The number of hydrogen-bond donors (Lipinski definition) is 7. The summed E-state index contributed by atoms with van der Waals surface area (Å²) >= 11 is 3.03. The van der Waals surface area contributed by atoms with Crippen LogP contribution in [-0.2, 0) is 52.5 Å². The van der Waals surface area contributed by atoms with Crippen LogP contribution in [0.2, 0.25) is 0 Å². The Morgan fingerprint density at radius 2 is 0.857 bits per heavy atom. The highest BCUT2D eigenvalue weighted by Gasteiger charge is 2.20. The lowest BCUT2D eigenvalue weighted by molar-refractivity contribution is -0.142. The molecule has 0 rings (SSSR count). The molecule has 0 aromatic heterocycles. The van der Waals surface area contributed by atoms with Gasteiger partial charge in [0.1, 0.15) is 19.3 Å². The van der Waals surface area contributed by atoms with E-state index in [9.17, 15) is 38.7 Å². The van der Waals surface area contributed by atoms with E-state index in [-0.39, 0.29) is 126 Å². The fraction of sp³-hybridized carbons (Fsp3) is 0.811. The summed E-state index contributed by atoms with van der Waals surface area (Å²) < 4.78 is 21.2. The van der Waals surface area contributed by atoms with Crippen molar-refractivity contribution in [3.8, 4) is 0 Å². The standard InChI is InChI=1S/C37H66BrN5O13/c38-27-33(46)39-17-18-40-34(47)28-55-25-24-54-22-20-42-35(48)29-56-26-23-53-21-19-41-31(44)16-15-30(37(51)52)43-32(45)13-11-9-7-5-3-1-2-4-6-8-10-12-14-36(49)50/h30H,1-29H2,(H,39,46)(H,40,47)(H,41,44)(H,42,48)(H,43,45)(H,49,50)(H,51,52)/t30-/m0/s1. The van der Waals surface area contributed by atoms with Crippen molar-refractivity contribution in [1.82, 2.24) is 26.6 Å². The summed E-state index contributed by atoms with van der Waals surface area (Å²) in [4.78, 5) is 81.1. The first-order valence-corrected chi connectivity index (χ1v) is 20.8. The van der Waals surface area contributed by atoms with Gasteiger partial charge in [0.25, 0.3) is 0 Å². The second-order valence-corrected chi connectivity index (χ2v) is 13.6. The average molecular weight is 869 g/mol. The number of carbonyl (C=O) groups excluding carboxylic acids is 5. The third kappa shape index (κ3) is 37.5. The first kappa shape index (κ1) is 52.6. The predicted octanol–water partition coefficient (Wildman–Crippen LogP) is 1.81. The van der Waals surface area contributed by atoms with Crippen LogP contribution in [0.3, 0.4) is 0 Å². The monoisotopic (exact) mass is 867 g/mol. The molecule has 0 spiro atoms. The Hall–Kier alpha value is -3.39. The van der Waals surface area contributed by atoms with E-state index >= 15 is 0 Å². The quantitative estimate of drug-likeness (QED) is 0.0343. The molecule has 0 saturated heterocycles. The Bertz CT molecular complexity index is 1100. The average Bonchev–Trinajstić information content (AvgIpc) is 3.16. The fourth-order valence-electron chi connectivity index (χ4n) is 5.07. The van der Waals surface area contributed by atoms with E-state index in [0.717, 1.165) is 51.4 Å². The lowest BCUT2D eigenvalue weighted by atomic mass is 10.0. The van der Waals surface area contributed by atoms with Gasteiger partial charge in [-0.1, -0.05) is 80.1 Å². The number of rotatable bonds is 40. The van der Waals surface area contributed by atoms with E-state index in [2.05, 4.69) is 42.5 Å². The third-order valence-corrected chi connectivity index (χ3v) is 8.59. The molecule has 324 valence electrons. The molecule has 0 radical (unpaired) electrons. The van der Waals surface area contributed by atoms with Crippen molar-refractivity contribution in [2.45, 2.75) is 109 Å². The zero-order chi connectivity index (χ0) is 41.5. The summed E-state index contributed by atoms with van der Waals surface area (Å²) in [5.41, 5.74) is 0. The number of carboxylic acids is 2. The molecular weight excluding hydrogens is 802 g/mol. The van der Waals surface area contributed by atoms with Crippen LogP contribution in [0.4, 0.5) is 0 Å². The van der Waals surface area contributed by atoms with Gasteiger partial charge < -0.3 is 55.7 Å². The maximum absolute atomic E-state index is 12.3. The van der Waals surface area contributed by atoms with Crippen LogP contribution >= 0.6 is 15.9 Å². The predicted molar refractivity (Wildman–Crippen MR) is 210 cm³/mol. The first-order chi connectivity index (χ1) is 27.0. The summed E-state index contributed by atoms with van der Waals surface area (Å²) in [6.45, 7) is 2.04. The lowest BCUT2D eigenvalue weighted by Gasteiger charge is -2.14. The highest BCUT2D eigenvalue weighted by molar-refractivity contribution is 9.09. The summed E-state index contributed by atoms with van der Waals surface area (Å²) in [5.74, 6) is -3.42. The smallest absolute Gasteiger partial charge is 0.326 e. The van der Waals surface area contributed by atoms with Crippen LogP contribution in [0.15, 0.2) is 0 Å². The van der Waals surface area contributed by atoms with Crippen molar-refractivity contribution < 1.29 is 62.7 Å². The van der Waals surface area contributed by atoms with Gasteiger partial charge in [-0.15, -0.1) is 0 Å². The maximum atomic E-state index is 12.3. The number of nitrogens with one attached hydrogen (secondary N) is 5. The van der Waals surface area contributed by atoms with Crippen molar-refractivity contribution in [3.05, 3.63) is 0 Å². The Morgan fingerprint density at radius 1 is 0.446 bits per heavy atom. The molecule has 0 bridgehead atoms. The molecule has 0 heterocycles. The number of amides is 5. The largest absolute Gasteiger partial charge is 0.481 e. The number of alkyl halides is 1. The molecule has 0 saturated carbocycles. The molecule has 0 aliphatic carbocycles. The van der Waals surface area contributed by atoms with E-state index in [0.29, 0.717) is 19.5 Å². The zero-order valence-electron chi connectivity index (χ0n) is 32.8. The number of halogens is 1. The van der Waals surface area contributed by atoms with E-state index in [1.54, 1.807) is 0 Å². The normalized spacial score (nSPS) is 11.4. The Labute approximate surface area is 339 Å². The molecule has 0 aromatic rings. The zero-order valence-corrected chi connectivity index (χ0v) is 34.4. The summed E-state index contributed by atoms with van der Waals surface area (Å²) in [6.07, 6.45) is 12.7. The van der Waals surface area contributed by atoms with E-state index in [4.69, 9.17) is 24.1 Å². The maximum Gasteiger partial charge on any atom is 0.326 e. The molecule has 0 unspecified atom stereocenters. The van der Waals surface area contributed by atoms with E-state index in [1.165, 1.54) is 19.3 Å². The second kappa shape index (κ2) is 38.5. The highest BCUT2D eigenvalue weighted by Crippen LogP contribution is 2.13. The molecule has 0 aliphatic heterocycles. The minimum absolute atomic E-state index is 0.0322. The number of carbonyl (C=O) groups is 7. The Balaban J connectivity index is 3.66. The topological polar surface area (TPSA) is 257 Å². The van der Waals surface area contributed by atoms with Crippen molar-refractivity contribution in [2.75, 3.05) is 84.4 Å². The minimum Gasteiger partial charge on any atom is -0.481 e. The number of carboxylic acid groups (broad SMARTS) is 2. The van der Waals surface area contributed by atoms with Crippen molar-refractivity contribution in [3.63, 3.8) is 0 Å². The molecule has 5 amide bonds.